The third kappa shape index (κ3) is 2.22. The van der Waals surface area contributed by atoms with Gasteiger partial charge in [-0.15, -0.1) is 0 Å². The summed E-state index contributed by atoms with van der Waals surface area (Å²) < 4.78 is 2.85. The van der Waals surface area contributed by atoms with Gasteiger partial charge in [-0.2, -0.15) is 0 Å². The van der Waals surface area contributed by atoms with Crippen LogP contribution in [0.4, 0.5) is 0 Å². The SMILES string of the molecule is O=C(O)c1cn(C2CCNC2)c2ccc(I)cc2c1=O. The van der Waals surface area contributed by atoms with Gasteiger partial charge in [-0.1, -0.05) is 0 Å². The normalized spacial score (nSPS) is 18.6. The van der Waals surface area contributed by atoms with Gasteiger partial charge < -0.3 is 15.0 Å². The van der Waals surface area contributed by atoms with E-state index in [2.05, 4.69) is 27.9 Å². The molecule has 104 valence electrons. The molecule has 3 rings (SSSR count). The lowest BCUT2D eigenvalue weighted by molar-refractivity contribution is 0.0694. The summed E-state index contributed by atoms with van der Waals surface area (Å²) in [5.41, 5.74) is 0.230. The minimum Gasteiger partial charge on any atom is -0.477 e. The highest BCUT2D eigenvalue weighted by Crippen LogP contribution is 2.23. The van der Waals surface area contributed by atoms with Crippen molar-refractivity contribution in [3.05, 3.63) is 43.8 Å². The summed E-state index contributed by atoms with van der Waals surface area (Å²) in [5.74, 6) is -1.17. The molecule has 5 nitrogen and oxygen atoms in total. The van der Waals surface area contributed by atoms with Crippen LogP contribution in [0.15, 0.2) is 29.2 Å². The fourth-order valence-electron chi connectivity index (χ4n) is 2.66. The van der Waals surface area contributed by atoms with Crippen LogP contribution in [0.25, 0.3) is 10.9 Å². The number of halogens is 1. The van der Waals surface area contributed by atoms with Gasteiger partial charge in [0, 0.05) is 27.7 Å². The Balaban J connectivity index is 2.35. The van der Waals surface area contributed by atoms with Crippen molar-refractivity contribution in [1.82, 2.24) is 9.88 Å². The van der Waals surface area contributed by atoms with Crippen LogP contribution >= 0.6 is 22.6 Å². The minimum absolute atomic E-state index is 0.161. The first-order valence-corrected chi connectivity index (χ1v) is 7.44. The predicted molar refractivity (Wildman–Crippen MR) is 84.4 cm³/mol. The second-order valence-electron chi connectivity index (χ2n) is 4.89. The topological polar surface area (TPSA) is 71.3 Å². The molecule has 2 aromatic rings. The molecule has 0 amide bonds. The van der Waals surface area contributed by atoms with E-state index in [9.17, 15) is 14.7 Å². The van der Waals surface area contributed by atoms with Crippen molar-refractivity contribution in [2.24, 2.45) is 0 Å². The average molecular weight is 384 g/mol. The van der Waals surface area contributed by atoms with Crippen LogP contribution in [0.3, 0.4) is 0 Å². The molecule has 6 heteroatoms. The largest absolute Gasteiger partial charge is 0.477 e. The lowest BCUT2D eigenvalue weighted by atomic mass is 10.1. The summed E-state index contributed by atoms with van der Waals surface area (Å²) >= 11 is 2.13. The third-order valence-electron chi connectivity index (χ3n) is 3.65. The van der Waals surface area contributed by atoms with Crippen molar-refractivity contribution in [1.29, 1.82) is 0 Å². The fraction of sp³-hybridized carbons (Fsp3) is 0.286. The highest BCUT2D eigenvalue weighted by Gasteiger charge is 2.21. The molecule has 20 heavy (non-hydrogen) atoms. The molecule has 1 unspecified atom stereocenters. The van der Waals surface area contributed by atoms with Crippen molar-refractivity contribution >= 4 is 39.5 Å². The van der Waals surface area contributed by atoms with E-state index in [4.69, 9.17) is 0 Å². The van der Waals surface area contributed by atoms with Crippen molar-refractivity contribution in [3.8, 4) is 0 Å². The number of hydrogen-bond acceptors (Lipinski definition) is 3. The van der Waals surface area contributed by atoms with E-state index in [0.29, 0.717) is 5.39 Å². The molecule has 1 aromatic heterocycles. The quantitative estimate of drug-likeness (QED) is 0.776. The molecule has 2 heterocycles. The Morgan fingerprint density at radius 3 is 2.90 bits per heavy atom. The smallest absolute Gasteiger partial charge is 0.341 e. The van der Waals surface area contributed by atoms with Gasteiger partial charge in [0.25, 0.3) is 0 Å². The number of hydrogen-bond donors (Lipinski definition) is 2. The molecule has 1 fully saturated rings. The number of nitrogens with one attached hydrogen (secondary N) is 1. The van der Waals surface area contributed by atoms with Gasteiger partial charge >= 0.3 is 5.97 Å². The van der Waals surface area contributed by atoms with E-state index in [-0.39, 0.29) is 11.6 Å². The van der Waals surface area contributed by atoms with E-state index in [0.717, 1.165) is 28.6 Å². The number of aromatic nitrogens is 1. The second-order valence-corrected chi connectivity index (χ2v) is 6.14. The van der Waals surface area contributed by atoms with Crippen molar-refractivity contribution < 1.29 is 9.90 Å². The van der Waals surface area contributed by atoms with Crippen LogP contribution in [0.2, 0.25) is 0 Å². The molecule has 0 saturated carbocycles. The van der Waals surface area contributed by atoms with Crippen molar-refractivity contribution in [3.63, 3.8) is 0 Å². The molecule has 0 spiro atoms. The molecule has 0 bridgehead atoms. The van der Waals surface area contributed by atoms with Gasteiger partial charge in [-0.25, -0.2) is 4.79 Å². The first kappa shape index (κ1) is 13.6. The molecular formula is C14H13IN2O3. The Labute approximate surface area is 128 Å². The Bertz CT molecular complexity index is 748. The maximum absolute atomic E-state index is 12.3. The molecule has 1 aliphatic rings. The number of nitrogens with zero attached hydrogens (tertiary/aromatic N) is 1. The zero-order valence-corrected chi connectivity index (χ0v) is 12.8. The highest BCUT2D eigenvalue weighted by molar-refractivity contribution is 14.1. The van der Waals surface area contributed by atoms with E-state index in [1.807, 2.05) is 16.7 Å². The van der Waals surface area contributed by atoms with Gasteiger partial charge in [0.1, 0.15) is 5.56 Å². The summed E-state index contributed by atoms with van der Waals surface area (Å²) in [7, 11) is 0. The molecule has 1 atom stereocenters. The van der Waals surface area contributed by atoms with Gasteiger partial charge in [-0.3, -0.25) is 4.79 Å². The van der Waals surface area contributed by atoms with E-state index in [1.165, 1.54) is 6.20 Å². The number of carboxylic acid groups (broad SMARTS) is 1. The standard InChI is InChI=1S/C14H13IN2O3/c15-8-1-2-12-10(5-8)13(18)11(14(19)20)7-17(12)9-3-4-16-6-9/h1-2,5,7,9,16H,3-4,6H2,(H,19,20). The maximum atomic E-state index is 12.3. The lowest BCUT2D eigenvalue weighted by Gasteiger charge is -2.18. The van der Waals surface area contributed by atoms with Crippen LogP contribution in [0.5, 0.6) is 0 Å². The van der Waals surface area contributed by atoms with Gasteiger partial charge in [0.2, 0.25) is 5.43 Å². The molecule has 1 aromatic carbocycles. The van der Waals surface area contributed by atoms with Crippen LogP contribution in [0.1, 0.15) is 22.8 Å². The summed E-state index contributed by atoms with van der Waals surface area (Å²) in [5, 5.41) is 13.0. The molecule has 2 N–H and O–H groups in total. The number of fused-ring (bicyclic) bond motifs is 1. The maximum Gasteiger partial charge on any atom is 0.341 e. The highest BCUT2D eigenvalue weighted by atomic mass is 127. The van der Waals surface area contributed by atoms with Crippen LogP contribution < -0.4 is 10.7 Å². The average Bonchev–Trinajstić information content (AvgIpc) is 2.93. The van der Waals surface area contributed by atoms with Crippen LogP contribution in [-0.2, 0) is 0 Å². The summed E-state index contributed by atoms with van der Waals surface area (Å²) in [6.45, 7) is 1.70. The zero-order valence-electron chi connectivity index (χ0n) is 10.6. The molecule has 0 radical (unpaired) electrons. The number of carbonyl (C=O) groups is 1. The van der Waals surface area contributed by atoms with Gasteiger partial charge in [-0.05, 0) is 53.8 Å². The number of pyridine rings is 1. The van der Waals surface area contributed by atoms with E-state index < -0.39 is 11.4 Å². The van der Waals surface area contributed by atoms with Gasteiger partial charge in [0.15, 0.2) is 0 Å². The second kappa shape index (κ2) is 5.17. The van der Waals surface area contributed by atoms with Gasteiger partial charge in [0.05, 0.1) is 5.52 Å². The number of rotatable bonds is 2. The Morgan fingerprint density at radius 1 is 1.45 bits per heavy atom. The molecular weight excluding hydrogens is 371 g/mol. The number of carboxylic acids is 1. The lowest BCUT2D eigenvalue weighted by Crippen LogP contribution is -2.22. The van der Waals surface area contributed by atoms with Crippen LogP contribution in [0, 0.1) is 3.57 Å². The van der Waals surface area contributed by atoms with Crippen molar-refractivity contribution in [2.75, 3.05) is 13.1 Å². The monoisotopic (exact) mass is 384 g/mol. The Morgan fingerprint density at radius 2 is 2.25 bits per heavy atom. The fourth-order valence-corrected chi connectivity index (χ4v) is 3.15. The zero-order chi connectivity index (χ0) is 14.3. The van der Waals surface area contributed by atoms with E-state index in [1.54, 1.807) is 6.07 Å². The number of aromatic carboxylic acids is 1. The molecule has 0 aliphatic carbocycles. The first-order valence-electron chi connectivity index (χ1n) is 6.36. The van der Waals surface area contributed by atoms with Crippen LogP contribution in [-0.4, -0.2) is 28.7 Å². The Hall–Kier alpha value is -1.41. The molecule has 1 aliphatic heterocycles. The third-order valence-corrected chi connectivity index (χ3v) is 4.32. The minimum atomic E-state index is -1.17. The predicted octanol–water partition coefficient (Wildman–Crippen LogP) is 1.84. The number of benzene rings is 1. The molecule has 1 saturated heterocycles. The van der Waals surface area contributed by atoms with E-state index >= 15 is 0 Å². The first-order chi connectivity index (χ1) is 9.58. The Kier molecular flexibility index (Phi) is 3.51. The summed E-state index contributed by atoms with van der Waals surface area (Å²) in [6.07, 6.45) is 2.42. The summed E-state index contributed by atoms with van der Waals surface area (Å²) in [4.78, 5) is 23.6. The van der Waals surface area contributed by atoms with Crippen molar-refractivity contribution in [2.45, 2.75) is 12.5 Å². The summed E-state index contributed by atoms with van der Waals surface area (Å²) in [6, 6.07) is 5.77.